The predicted octanol–water partition coefficient (Wildman–Crippen LogP) is 5.73. The van der Waals surface area contributed by atoms with Gasteiger partial charge in [-0.05, 0) is 50.7 Å². The maximum atomic E-state index is 12.4. The molecule has 1 aliphatic rings. The molecule has 0 aliphatic heterocycles. The molecule has 1 fully saturated rings. The third-order valence-electron chi connectivity index (χ3n) is 6.46. The maximum absolute atomic E-state index is 12.4. The molecule has 0 spiro atoms. The van der Waals surface area contributed by atoms with Gasteiger partial charge in [0.15, 0.2) is 5.41 Å². The molecule has 0 unspecified atom stereocenters. The van der Waals surface area contributed by atoms with Crippen LogP contribution in [0, 0.1) is 5.41 Å². The first-order valence-corrected chi connectivity index (χ1v) is 12.7. The van der Waals surface area contributed by atoms with Crippen LogP contribution in [0.25, 0.3) is 0 Å². The normalized spacial score (nSPS) is 15.2. The Morgan fingerprint density at radius 3 is 1.84 bits per heavy atom. The Bertz CT molecular complexity index is 659. The number of aryl methyl sites for hydroxylation is 1. The number of esters is 2. The molecular weight excluding hydrogens is 402 g/mol. The van der Waals surface area contributed by atoms with Crippen LogP contribution in [0.2, 0.25) is 0 Å². The SMILES string of the molecule is CCCCCCCCCCc1ccc(CNC2CC(C(=O)OCC)(C(=O)OCC)C2)cc1. The molecule has 180 valence electrons. The molecule has 0 atom stereocenters. The van der Waals surface area contributed by atoms with Crippen LogP contribution in [-0.4, -0.2) is 31.2 Å². The summed E-state index contributed by atoms with van der Waals surface area (Å²) >= 11 is 0. The van der Waals surface area contributed by atoms with Crippen molar-refractivity contribution >= 4 is 11.9 Å². The molecule has 5 heteroatoms. The van der Waals surface area contributed by atoms with Gasteiger partial charge in [0.2, 0.25) is 0 Å². The Morgan fingerprint density at radius 1 is 0.812 bits per heavy atom. The summed E-state index contributed by atoms with van der Waals surface area (Å²) in [4.78, 5) is 24.7. The second-order valence-electron chi connectivity index (χ2n) is 9.05. The fourth-order valence-corrected chi connectivity index (χ4v) is 4.43. The average molecular weight is 446 g/mol. The van der Waals surface area contributed by atoms with E-state index in [9.17, 15) is 9.59 Å². The van der Waals surface area contributed by atoms with E-state index in [0.717, 1.165) is 13.0 Å². The van der Waals surface area contributed by atoms with E-state index in [2.05, 4.69) is 36.5 Å². The van der Waals surface area contributed by atoms with E-state index in [1.807, 2.05) is 0 Å². The first-order valence-electron chi connectivity index (χ1n) is 12.7. The lowest BCUT2D eigenvalue weighted by Crippen LogP contribution is -2.58. The molecule has 32 heavy (non-hydrogen) atoms. The number of ether oxygens (including phenoxy) is 2. The number of nitrogens with one attached hydrogen (secondary N) is 1. The first-order chi connectivity index (χ1) is 15.6. The van der Waals surface area contributed by atoms with E-state index in [1.54, 1.807) is 13.8 Å². The largest absolute Gasteiger partial charge is 0.465 e. The number of hydrogen-bond acceptors (Lipinski definition) is 5. The van der Waals surface area contributed by atoms with E-state index in [1.165, 1.54) is 62.5 Å². The van der Waals surface area contributed by atoms with Gasteiger partial charge in [-0.1, -0.05) is 76.1 Å². The minimum atomic E-state index is -1.14. The molecule has 0 saturated heterocycles. The van der Waals surface area contributed by atoms with Gasteiger partial charge in [0.05, 0.1) is 13.2 Å². The van der Waals surface area contributed by atoms with Gasteiger partial charge in [-0.3, -0.25) is 9.59 Å². The molecule has 0 aromatic heterocycles. The number of carbonyl (C=O) groups is 2. The van der Waals surface area contributed by atoms with Gasteiger partial charge < -0.3 is 14.8 Å². The zero-order valence-electron chi connectivity index (χ0n) is 20.4. The van der Waals surface area contributed by atoms with Crippen LogP contribution in [0.4, 0.5) is 0 Å². The van der Waals surface area contributed by atoms with Gasteiger partial charge in [0.25, 0.3) is 0 Å². The number of rotatable bonds is 16. The topological polar surface area (TPSA) is 64.6 Å². The van der Waals surface area contributed by atoms with E-state index >= 15 is 0 Å². The minimum Gasteiger partial charge on any atom is -0.465 e. The third kappa shape index (κ3) is 7.91. The van der Waals surface area contributed by atoms with Crippen molar-refractivity contribution in [3.63, 3.8) is 0 Å². The zero-order valence-corrected chi connectivity index (χ0v) is 20.4. The monoisotopic (exact) mass is 445 g/mol. The Kier molecular flexibility index (Phi) is 11.8. The standard InChI is InChI=1S/C27H43NO4/c1-4-7-8-9-10-11-12-13-14-22-15-17-23(18-16-22)21-28-24-19-27(20-24,25(29)31-5-2)26(30)32-6-3/h15-18,24,28H,4-14,19-21H2,1-3H3. The smallest absolute Gasteiger partial charge is 0.323 e. The van der Waals surface area contributed by atoms with Crippen LogP contribution in [-0.2, 0) is 32.0 Å². The van der Waals surface area contributed by atoms with E-state index in [4.69, 9.17) is 9.47 Å². The summed E-state index contributed by atoms with van der Waals surface area (Å²) in [5.74, 6) is -0.913. The second-order valence-corrected chi connectivity index (χ2v) is 9.05. The van der Waals surface area contributed by atoms with Crippen LogP contribution in [0.5, 0.6) is 0 Å². The summed E-state index contributed by atoms with van der Waals surface area (Å²) in [6.45, 7) is 7.03. The molecular formula is C27H43NO4. The molecule has 1 N–H and O–H groups in total. The van der Waals surface area contributed by atoms with Gasteiger partial charge in [0, 0.05) is 12.6 Å². The molecule has 1 aliphatic carbocycles. The van der Waals surface area contributed by atoms with Crippen LogP contribution in [0.3, 0.4) is 0 Å². The highest BCUT2D eigenvalue weighted by Gasteiger charge is 2.58. The lowest BCUT2D eigenvalue weighted by Gasteiger charge is -2.43. The van der Waals surface area contributed by atoms with Crippen molar-refractivity contribution in [3.8, 4) is 0 Å². The van der Waals surface area contributed by atoms with E-state index in [0.29, 0.717) is 12.8 Å². The number of hydrogen-bond donors (Lipinski definition) is 1. The molecule has 0 heterocycles. The first kappa shape index (κ1) is 26.4. The van der Waals surface area contributed by atoms with Gasteiger partial charge in [-0.15, -0.1) is 0 Å². The maximum Gasteiger partial charge on any atom is 0.323 e. The van der Waals surface area contributed by atoms with E-state index < -0.39 is 17.4 Å². The Labute approximate surface area is 194 Å². The van der Waals surface area contributed by atoms with Crippen LogP contribution < -0.4 is 5.32 Å². The Hall–Kier alpha value is -1.88. The number of unbranched alkanes of at least 4 members (excludes halogenated alkanes) is 7. The van der Waals surface area contributed by atoms with Crippen molar-refractivity contribution in [1.29, 1.82) is 0 Å². The Morgan fingerprint density at radius 2 is 1.31 bits per heavy atom. The highest BCUT2D eigenvalue weighted by molar-refractivity contribution is 6.01. The van der Waals surface area contributed by atoms with Crippen molar-refractivity contribution in [2.45, 2.75) is 104 Å². The predicted molar refractivity (Wildman–Crippen MR) is 128 cm³/mol. The van der Waals surface area contributed by atoms with Crippen LogP contribution >= 0.6 is 0 Å². The Balaban J connectivity index is 1.68. The summed E-state index contributed by atoms with van der Waals surface area (Å²) in [5.41, 5.74) is 1.48. The summed E-state index contributed by atoms with van der Waals surface area (Å²) in [5, 5.41) is 3.47. The van der Waals surface area contributed by atoms with Crippen molar-refractivity contribution in [2.75, 3.05) is 13.2 Å². The van der Waals surface area contributed by atoms with Crippen LogP contribution in [0.1, 0.15) is 96.1 Å². The molecule has 1 aromatic carbocycles. The summed E-state index contributed by atoms with van der Waals surface area (Å²) in [6, 6.07) is 8.91. The molecule has 0 bridgehead atoms. The van der Waals surface area contributed by atoms with Gasteiger partial charge in [-0.2, -0.15) is 0 Å². The third-order valence-corrected chi connectivity index (χ3v) is 6.46. The molecule has 0 amide bonds. The zero-order chi connectivity index (χ0) is 23.2. The molecule has 2 rings (SSSR count). The fourth-order valence-electron chi connectivity index (χ4n) is 4.43. The average Bonchev–Trinajstić information content (AvgIpc) is 2.76. The second kappa shape index (κ2) is 14.3. The van der Waals surface area contributed by atoms with Gasteiger partial charge in [-0.25, -0.2) is 0 Å². The summed E-state index contributed by atoms with van der Waals surface area (Å²) in [7, 11) is 0. The van der Waals surface area contributed by atoms with Crippen molar-refractivity contribution in [2.24, 2.45) is 5.41 Å². The number of benzene rings is 1. The van der Waals surface area contributed by atoms with Gasteiger partial charge in [0.1, 0.15) is 0 Å². The highest BCUT2D eigenvalue weighted by Crippen LogP contribution is 2.43. The fraction of sp³-hybridized carbons (Fsp3) is 0.704. The van der Waals surface area contributed by atoms with Crippen molar-refractivity contribution in [1.82, 2.24) is 5.32 Å². The van der Waals surface area contributed by atoms with Crippen molar-refractivity contribution in [3.05, 3.63) is 35.4 Å². The quantitative estimate of drug-likeness (QED) is 0.200. The minimum absolute atomic E-state index is 0.112. The number of carbonyl (C=O) groups excluding carboxylic acids is 2. The lowest BCUT2D eigenvalue weighted by atomic mass is 9.65. The molecule has 5 nitrogen and oxygen atoms in total. The summed E-state index contributed by atoms with van der Waals surface area (Å²) < 4.78 is 10.3. The van der Waals surface area contributed by atoms with Gasteiger partial charge >= 0.3 is 11.9 Å². The molecule has 1 saturated carbocycles. The molecule has 0 radical (unpaired) electrons. The van der Waals surface area contributed by atoms with Crippen molar-refractivity contribution < 1.29 is 19.1 Å². The van der Waals surface area contributed by atoms with Crippen LogP contribution in [0.15, 0.2) is 24.3 Å². The molecule has 1 aromatic rings. The lowest BCUT2D eigenvalue weighted by molar-refractivity contribution is -0.181. The summed E-state index contributed by atoms with van der Waals surface area (Å²) in [6.07, 6.45) is 12.8. The highest BCUT2D eigenvalue weighted by atomic mass is 16.6. The van der Waals surface area contributed by atoms with E-state index in [-0.39, 0.29) is 19.3 Å².